The van der Waals surface area contributed by atoms with E-state index in [4.69, 9.17) is 4.74 Å². The molecule has 0 bridgehead atoms. The first-order valence-electron chi connectivity index (χ1n) is 8.03. The summed E-state index contributed by atoms with van der Waals surface area (Å²) >= 11 is 0. The van der Waals surface area contributed by atoms with Crippen molar-refractivity contribution in [2.24, 2.45) is 5.92 Å². The second-order valence-corrected chi connectivity index (χ2v) is 5.96. The maximum atomic E-state index is 12.2. The van der Waals surface area contributed by atoms with Gasteiger partial charge in [-0.3, -0.25) is 9.59 Å². The maximum absolute atomic E-state index is 12.2. The highest BCUT2D eigenvalue weighted by Crippen LogP contribution is 2.02. The average Bonchev–Trinajstić information content (AvgIpc) is 2.50. The summed E-state index contributed by atoms with van der Waals surface area (Å²) in [6, 6.07) is -0.512. The van der Waals surface area contributed by atoms with Crippen molar-refractivity contribution in [2.45, 2.75) is 26.3 Å². The van der Waals surface area contributed by atoms with Gasteiger partial charge in [-0.05, 0) is 18.9 Å². The van der Waals surface area contributed by atoms with Crippen LogP contribution in [0.1, 0.15) is 20.3 Å². The minimum Gasteiger partial charge on any atom is -0.375 e. The van der Waals surface area contributed by atoms with Gasteiger partial charge < -0.3 is 25.6 Å². The summed E-state index contributed by atoms with van der Waals surface area (Å²) in [7, 11) is 1.46. The zero-order valence-electron chi connectivity index (χ0n) is 14.4. The molecule has 0 saturated carbocycles. The SMILES string of the molecule is COCC(=O)N[C@H](C(=O)NCCCN1CCNCC1)C(C)C.Cl. The van der Waals surface area contributed by atoms with Crippen molar-refractivity contribution in [3.63, 3.8) is 0 Å². The number of carbonyl (C=O) groups is 2. The molecule has 0 aromatic heterocycles. The molecule has 136 valence electrons. The van der Waals surface area contributed by atoms with Crippen LogP contribution in [0.3, 0.4) is 0 Å². The first-order chi connectivity index (χ1) is 10.5. The Labute approximate surface area is 145 Å². The summed E-state index contributed by atoms with van der Waals surface area (Å²) in [5, 5.41) is 8.94. The Bertz CT molecular complexity index is 350. The van der Waals surface area contributed by atoms with Crippen LogP contribution in [0.2, 0.25) is 0 Å². The molecular weight excluding hydrogens is 320 g/mol. The number of rotatable bonds is 9. The lowest BCUT2D eigenvalue weighted by molar-refractivity contribution is -0.131. The van der Waals surface area contributed by atoms with Crippen LogP contribution < -0.4 is 16.0 Å². The van der Waals surface area contributed by atoms with Gasteiger partial charge >= 0.3 is 0 Å². The third kappa shape index (κ3) is 9.10. The molecule has 1 aliphatic rings. The molecule has 0 radical (unpaired) electrons. The summed E-state index contributed by atoms with van der Waals surface area (Å²) in [6.07, 6.45) is 0.919. The lowest BCUT2D eigenvalue weighted by Gasteiger charge is -2.27. The van der Waals surface area contributed by atoms with Crippen LogP contribution in [0, 0.1) is 5.92 Å². The van der Waals surface area contributed by atoms with E-state index < -0.39 is 6.04 Å². The maximum Gasteiger partial charge on any atom is 0.246 e. The van der Waals surface area contributed by atoms with E-state index in [0.717, 1.165) is 39.1 Å². The smallest absolute Gasteiger partial charge is 0.246 e. The summed E-state index contributed by atoms with van der Waals surface area (Å²) in [5.41, 5.74) is 0. The first-order valence-corrected chi connectivity index (χ1v) is 8.03. The Morgan fingerprint density at radius 3 is 2.48 bits per heavy atom. The van der Waals surface area contributed by atoms with Crippen molar-refractivity contribution >= 4 is 24.2 Å². The summed E-state index contributed by atoms with van der Waals surface area (Å²) in [6.45, 7) is 9.62. The van der Waals surface area contributed by atoms with Gasteiger partial charge in [0, 0.05) is 39.8 Å². The predicted molar refractivity (Wildman–Crippen MR) is 92.8 cm³/mol. The van der Waals surface area contributed by atoms with Crippen LogP contribution in [0.4, 0.5) is 0 Å². The Morgan fingerprint density at radius 2 is 1.91 bits per heavy atom. The molecule has 2 amide bonds. The van der Waals surface area contributed by atoms with Gasteiger partial charge in [0.2, 0.25) is 11.8 Å². The van der Waals surface area contributed by atoms with E-state index in [-0.39, 0.29) is 36.7 Å². The minimum absolute atomic E-state index is 0. The Balaban J connectivity index is 0.00000484. The quantitative estimate of drug-likeness (QED) is 0.493. The number of amides is 2. The number of hydrogen-bond acceptors (Lipinski definition) is 5. The standard InChI is InChI=1S/C15H30N4O3.ClH/c1-12(2)14(18-13(20)11-22-3)15(21)17-5-4-8-19-9-6-16-7-10-19;/h12,14,16H,4-11H2,1-3H3,(H,17,21)(H,18,20);1H/t14-;/m0./s1. The van der Waals surface area contributed by atoms with E-state index in [2.05, 4.69) is 20.9 Å². The van der Waals surface area contributed by atoms with Crippen LogP contribution in [0.15, 0.2) is 0 Å². The normalized spacial score (nSPS) is 16.5. The molecule has 0 aromatic carbocycles. The van der Waals surface area contributed by atoms with Crippen LogP contribution in [0.5, 0.6) is 0 Å². The van der Waals surface area contributed by atoms with Crippen molar-refractivity contribution < 1.29 is 14.3 Å². The number of ether oxygens (including phenoxy) is 1. The van der Waals surface area contributed by atoms with E-state index in [1.165, 1.54) is 7.11 Å². The van der Waals surface area contributed by atoms with E-state index in [1.807, 2.05) is 13.8 Å². The van der Waals surface area contributed by atoms with E-state index in [9.17, 15) is 9.59 Å². The summed E-state index contributed by atoms with van der Waals surface area (Å²) in [5.74, 6) is -0.356. The van der Waals surface area contributed by atoms with Gasteiger partial charge in [0.1, 0.15) is 12.6 Å². The number of piperazine rings is 1. The minimum atomic E-state index is -0.512. The number of nitrogens with one attached hydrogen (secondary N) is 3. The molecular formula is C15H31ClN4O3. The average molecular weight is 351 g/mol. The molecule has 8 heteroatoms. The van der Waals surface area contributed by atoms with Crippen molar-refractivity contribution in [2.75, 3.05) is 53.0 Å². The molecule has 0 spiro atoms. The molecule has 23 heavy (non-hydrogen) atoms. The van der Waals surface area contributed by atoms with Crippen LogP contribution in [0.25, 0.3) is 0 Å². The van der Waals surface area contributed by atoms with Crippen LogP contribution in [-0.4, -0.2) is 75.7 Å². The van der Waals surface area contributed by atoms with Crippen molar-refractivity contribution in [1.29, 1.82) is 0 Å². The van der Waals surface area contributed by atoms with Crippen molar-refractivity contribution in [1.82, 2.24) is 20.9 Å². The van der Waals surface area contributed by atoms with E-state index in [1.54, 1.807) is 0 Å². The predicted octanol–water partition coefficient (Wildman–Crippen LogP) is -0.393. The fourth-order valence-corrected chi connectivity index (χ4v) is 2.44. The van der Waals surface area contributed by atoms with Crippen molar-refractivity contribution in [3.05, 3.63) is 0 Å². The van der Waals surface area contributed by atoms with Gasteiger partial charge in [-0.1, -0.05) is 13.8 Å². The molecule has 7 nitrogen and oxygen atoms in total. The van der Waals surface area contributed by atoms with Gasteiger partial charge in [0.05, 0.1) is 0 Å². The van der Waals surface area contributed by atoms with Gasteiger partial charge in [-0.25, -0.2) is 0 Å². The molecule has 1 saturated heterocycles. The molecule has 1 atom stereocenters. The van der Waals surface area contributed by atoms with Gasteiger partial charge in [-0.15, -0.1) is 12.4 Å². The van der Waals surface area contributed by atoms with E-state index in [0.29, 0.717) is 6.54 Å². The van der Waals surface area contributed by atoms with Gasteiger partial charge in [-0.2, -0.15) is 0 Å². The zero-order chi connectivity index (χ0) is 16.4. The third-order valence-corrected chi connectivity index (χ3v) is 3.70. The highest BCUT2D eigenvalue weighted by Gasteiger charge is 2.23. The fourth-order valence-electron chi connectivity index (χ4n) is 2.44. The molecule has 0 aromatic rings. The number of nitrogens with zero attached hydrogens (tertiary/aromatic N) is 1. The summed E-state index contributed by atoms with van der Waals surface area (Å²) < 4.78 is 4.78. The lowest BCUT2D eigenvalue weighted by atomic mass is 10.0. The number of hydrogen-bond donors (Lipinski definition) is 3. The number of carbonyl (C=O) groups excluding carboxylic acids is 2. The second-order valence-electron chi connectivity index (χ2n) is 5.96. The fraction of sp³-hybridized carbons (Fsp3) is 0.867. The highest BCUT2D eigenvalue weighted by molar-refractivity contribution is 5.88. The molecule has 1 fully saturated rings. The van der Waals surface area contributed by atoms with Crippen molar-refractivity contribution in [3.8, 4) is 0 Å². The topological polar surface area (TPSA) is 82.7 Å². The van der Waals surface area contributed by atoms with Gasteiger partial charge in [0.25, 0.3) is 0 Å². The molecule has 1 heterocycles. The Hall–Kier alpha value is -0.890. The Morgan fingerprint density at radius 1 is 1.26 bits per heavy atom. The number of methoxy groups -OCH3 is 1. The zero-order valence-corrected chi connectivity index (χ0v) is 15.2. The molecule has 1 aliphatic heterocycles. The van der Waals surface area contributed by atoms with Crippen LogP contribution in [-0.2, 0) is 14.3 Å². The molecule has 0 unspecified atom stereocenters. The molecule has 3 N–H and O–H groups in total. The highest BCUT2D eigenvalue weighted by atomic mass is 35.5. The summed E-state index contributed by atoms with van der Waals surface area (Å²) in [4.78, 5) is 26.1. The first kappa shape index (κ1) is 22.1. The number of halogens is 1. The van der Waals surface area contributed by atoms with Gasteiger partial charge in [0.15, 0.2) is 0 Å². The Kier molecular flexibility index (Phi) is 12.0. The monoisotopic (exact) mass is 350 g/mol. The van der Waals surface area contributed by atoms with Crippen LogP contribution >= 0.6 is 12.4 Å². The molecule has 1 rings (SSSR count). The largest absolute Gasteiger partial charge is 0.375 e. The second kappa shape index (κ2) is 12.5. The third-order valence-electron chi connectivity index (χ3n) is 3.70. The molecule has 0 aliphatic carbocycles. The lowest BCUT2D eigenvalue weighted by Crippen LogP contribution is -2.51. The van der Waals surface area contributed by atoms with E-state index >= 15 is 0 Å².